The Morgan fingerprint density at radius 1 is 1.06 bits per heavy atom. The van der Waals surface area contributed by atoms with Crippen LogP contribution >= 0.6 is 7.26 Å². The van der Waals surface area contributed by atoms with Crippen LogP contribution in [0.25, 0.3) is 0 Å². The van der Waals surface area contributed by atoms with E-state index in [2.05, 4.69) is 20.8 Å². The zero-order valence-corrected chi connectivity index (χ0v) is 11.1. The molecule has 16 heavy (non-hydrogen) atoms. The van der Waals surface area contributed by atoms with Crippen molar-refractivity contribution < 1.29 is 9.90 Å². The number of hydrogen-bond acceptors (Lipinski definition) is 1. The van der Waals surface area contributed by atoms with Crippen LogP contribution in [0.15, 0.2) is 24.3 Å². The molecule has 0 amide bonds. The zero-order valence-electron chi connectivity index (χ0n) is 10.2. The predicted octanol–water partition coefficient (Wildman–Crippen LogP) is 3.09. The van der Waals surface area contributed by atoms with Crippen molar-refractivity contribution in [2.24, 2.45) is 0 Å². The van der Waals surface area contributed by atoms with Crippen molar-refractivity contribution in [3.63, 3.8) is 0 Å². The third kappa shape index (κ3) is 2.44. The number of rotatable bonds is 5. The molecule has 0 bridgehead atoms. The number of carboxylic acid groups (broad SMARTS) is 1. The average Bonchev–Trinajstić information content (AvgIpc) is 2.33. The lowest BCUT2D eigenvalue weighted by atomic mass is 10.2. The van der Waals surface area contributed by atoms with Crippen LogP contribution in [0.3, 0.4) is 0 Å². The first-order valence-corrected chi connectivity index (χ1v) is 8.14. The van der Waals surface area contributed by atoms with Gasteiger partial charge in [-0.2, -0.15) is 0 Å². The van der Waals surface area contributed by atoms with E-state index in [1.165, 1.54) is 23.8 Å². The van der Waals surface area contributed by atoms with Gasteiger partial charge in [-0.1, -0.05) is 0 Å². The van der Waals surface area contributed by atoms with Gasteiger partial charge in [-0.05, 0) is 45.0 Å². The molecule has 1 N–H and O–H groups in total. The molecule has 3 heteroatoms. The Balaban J connectivity index is 3.08. The maximum absolute atomic E-state index is 10.8. The minimum absolute atomic E-state index is 0.380. The van der Waals surface area contributed by atoms with Crippen molar-refractivity contribution >= 4 is 18.5 Å². The van der Waals surface area contributed by atoms with Crippen LogP contribution < -0.4 is 5.30 Å². The van der Waals surface area contributed by atoms with Crippen molar-refractivity contribution in [3.8, 4) is 0 Å². The third-order valence-electron chi connectivity index (χ3n) is 3.48. The summed E-state index contributed by atoms with van der Waals surface area (Å²) in [6.45, 7) is 6.73. The van der Waals surface area contributed by atoms with Crippen molar-refractivity contribution in [1.82, 2.24) is 0 Å². The van der Waals surface area contributed by atoms with Gasteiger partial charge >= 0.3 is 5.97 Å². The van der Waals surface area contributed by atoms with Gasteiger partial charge in [0.1, 0.15) is 0 Å². The Kier molecular flexibility index (Phi) is 4.49. The molecule has 0 aliphatic heterocycles. The second kappa shape index (κ2) is 5.45. The molecule has 1 aromatic rings. The van der Waals surface area contributed by atoms with Gasteiger partial charge in [-0.15, -0.1) is 0 Å². The molecule has 1 rings (SSSR count). The summed E-state index contributed by atoms with van der Waals surface area (Å²) in [5, 5.41) is 10.2. The van der Waals surface area contributed by atoms with E-state index in [1.807, 2.05) is 12.1 Å². The molecule has 0 atom stereocenters. The fourth-order valence-corrected chi connectivity index (χ4v) is 5.36. The Labute approximate surface area is 98.0 Å². The molecule has 0 aromatic heterocycles. The van der Waals surface area contributed by atoms with Gasteiger partial charge in [0, 0.05) is 7.26 Å². The Bertz CT molecular complexity index is 344. The summed E-state index contributed by atoms with van der Waals surface area (Å²) in [5.41, 5.74) is 0.380. The van der Waals surface area contributed by atoms with Gasteiger partial charge in [0.25, 0.3) is 0 Å². The largest absolute Gasteiger partial charge is 0.478 e. The fraction of sp³-hybridized carbons (Fsp3) is 0.462. The first kappa shape index (κ1) is 13.2. The molecule has 0 radical (unpaired) electrons. The fourth-order valence-electron chi connectivity index (χ4n) is 2.14. The highest BCUT2D eigenvalue weighted by atomic mass is 31.2. The molecular weight excluding hydrogens is 219 g/mol. The average molecular weight is 239 g/mol. The van der Waals surface area contributed by atoms with Crippen LogP contribution in [-0.2, 0) is 0 Å². The Morgan fingerprint density at radius 2 is 1.50 bits per heavy atom. The SMILES string of the molecule is CC[P+](CC)(CC)c1ccc(C(=O)O)cc1. The van der Waals surface area contributed by atoms with E-state index in [9.17, 15) is 4.79 Å². The minimum atomic E-state index is -1.03. The van der Waals surface area contributed by atoms with Crippen LogP contribution in [0.4, 0.5) is 0 Å². The van der Waals surface area contributed by atoms with Gasteiger partial charge in [0.05, 0.1) is 29.4 Å². The van der Waals surface area contributed by atoms with Crippen molar-refractivity contribution in [2.45, 2.75) is 20.8 Å². The van der Waals surface area contributed by atoms with Gasteiger partial charge < -0.3 is 5.11 Å². The van der Waals surface area contributed by atoms with E-state index >= 15 is 0 Å². The normalized spacial score (nSPS) is 11.4. The van der Waals surface area contributed by atoms with Crippen LogP contribution in [0.5, 0.6) is 0 Å². The molecular formula is C13H20O2P+. The smallest absolute Gasteiger partial charge is 0.335 e. The van der Waals surface area contributed by atoms with E-state index in [1.54, 1.807) is 12.1 Å². The lowest BCUT2D eigenvalue weighted by Crippen LogP contribution is -2.17. The maximum Gasteiger partial charge on any atom is 0.335 e. The van der Waals surface area contributed by atoms with E-state index < -0.39 is 13.2 Å². The summed E-state index contributed by atoms with van der Waals surface area (Å²) in [6.07, 6.45) is 3.60. The van der Waals surface area contributed by atoms with Gasteiger partial charge in [0.15, 0.2) is 0 Å². The topological polar surface area (TPSA) is 37.3 Å². The molecule has 0 saturated carbocycles. The summed E-state index contributed by atoms with van der Waals surface area (Å²) in [5.74, 6) is -0.847. The first-order chi connectivity index (χ1) is 7.59. The predicted molar refractivity (Wildman–Crippen MR) is 71.6 cm³/mol. The third-order valence-corrected chi connectivity index (χ3v) is 8.50. The number of aromatic carboxylic acids is 1. The van der Waals surface area contributed by atoms with Crippen LogP contribution in [0.1, 0.15) is 31.1 Å². The maximum atomic E-state index is 10.8. The summed E-state index contributed by atoms with van der Waals surface area (Å²) in [7, 11) is -1.03. The lowest BCUT2D eigenvalue weighted by Gasteiger charge is -2.23. The van der Waals surface area contributed by atoms with Crippen LogP contribution in [0.2, 0.25) is 0 Å². The Hall–Kier alpha value is -0.880. The molecule has 1 aromatic carbocycles. The van der Waals surface area contributed by atoms with E-state index in [-0.39, 0.29) is 0 Å². The van der Waals surface area contributed by atoms with E-state index in [0.29, 0.717) is 5.56 Å². The molecule has 0 fully saturated rings. The summed E-state index contributed by atoms with van der Waals surface area (Å²) in [4.78, 5) is 10.8. The van der Waals surface area contributed by atoms with Crippen molar-refractivity contribution in [2.75, 3.05) is 18.5 Å². The van der Waals surface area contributed by atoms with Crippen LogP contribution in [-0.4, -0.2) is 29.6 Å². The van der Waals surface area contributed by atoms with Crippen LogP contribution in [0, 0.1) is 0 Å². The van der Waals surface area contributed by atoms with E-state index in [4.69, 9.17) is 5.11 Å². The second-order valence-electron chi connectivity index (χ2n) is 3.95. The lowest BCUT2D eigenvalue weighted by molar-refractivity contribution is 0.0697. The van der Waals surface area contributed by atoms with Gasteiger partial charge in [-0.25, -0.2) is 4.79 Å². The standard InChI is InChI=1S/C13H19O2P/c1-4-16(5-2,6-3)12-9-7-11(8-10-12)13(14)15/h7-10H,4-6H2,1-3H3/p+1. The van der Waals surface area contributed by atoms with Crippen molar-refractivity contribution in [1.29, 1.82) is 0 Å². The summed E-state index contributed by atoms with van der Waals surface area (Å²) >= 11 is 0. The number of hydrogen-bond donors (Lipinski definition) is 1. The zero-order chi connectivity index (χ0) is 12.2. The number of benzene rings is 1. The highest BCUT2D eigenvalue weighted by Crippen LogP contribution is 2.56. The number of carbonyl (C=O) groups is 1. The molecule has 0 heterocycles. The molecule has 0 aliphatic rings. The Morgan fingerprint density at radius 3 is 1.81 bits per heavy atom. The molecule has 2 nitrogen and oxygen atoms in total. The van der Waals surface area contributed by atoms with Gasteiger partial charge in [0.2, 0.25) is 0 Å². The monoisotopic (exact) mass is 239 g/mol. The molecule has 88 valence electrons. The summed E-state index contributed by atoms with van der Waals surface area (Å²) < 4.78 is 0. The molecule has 0 saturated heterocycles. The van der Waals surface area contributed by atoms with Gasteiger partial charge in [-0.3, -0.25) is 0 Å². The molecule has 0 spiro atoms. The molecule has 0 unspecified atom stereocenters. The quantitative estimate of drug-likeness (QED) is 0.802. The van der Waals surface area contributed by atoms with Crippen molar-refractivity contribution in [3.05, 3.63) is 29.8 Å². The summed E-state index contributed by atoms with van der Waals surface area (Å²) in [6, 6.07) is 7.47. The minimum Gasteiger partial charge on any atom is -0.478 e. The second-order valence-corrected chi connectivity index (χ2v) is 8.65. The highest BCUT2D eigenvalue weighted by Gasteiger charge is 2.33. The first-order valence-electron chi connectivity index (χ1n) is 5.79. The van der Waals surface area contributed by atoms with E-state index in [0.717, 1.165) is 0 Å². The highest BCUT2D eigenvalue weighted by molar-refractivity contribution is 7.82. The number of carboxylic acids is 1. The molecule has 0 aliphatic carbocycles.